The summed E-state index contributed by atoms with van der Waals surface area (Å²) in [6.07, 6.45) is 1.99. The molecule has 1 heterocycles. The van der Waals surface area contributed by atoms with E-state index in [2.05, 4.69) is 10.2 Å². The van der Waals surface area contributed by atoms with Gasteiger partial charge in [0.2, 0.25) is 11.8 Å². The third-order valence-corrected chi connectivity index (χ3v) is 5.83. The summed E-state index contributed by atoms with van der Waals surface area (Å²) in [6, 6.07) is 13.9. The van der Waals surface area contributed by atoms with Gasteiger partial charge in [-0.05, 0) is 43.1 Å². The lowest BCUT2D eigenvalue weighted by Crippen LogP contribution is -2.39. The summed E-state index contributed by atoms with van der Waals surface area (Å²) >= 11 is 1.32. The van der Waals surface area contributed by atoms with Crippen LogP contribution in [0.2, 0.25) is 0 Å². The third kappa shape index (κ3) is 5.33. The molecule has 0 spiro atoms. The lowest BCUT2D eigenvalue weighted by molar-refractivity contribution is -0.122. The summed E-state index contributed by atoms with van der Waals surface area (Å²) in [4.78, 5) is 26.6. The molecule has 5 nitrogen and oxygen atoms in total. The average Bonchev–Trinajstić information content (AvgIpc) is 3.13. The Morgan fingerprint density at radius 3 is 2.71 bits per heavy atom. The predicted molar refractivity (Wildman–Crippen MR) is 109 cm³/mol. The summed E-state index contributed by atoms with van der Waals surface area (Å²) in [5.74, 6) is -0.202. The van der Waals surface area contributed by atoms with Crippen molar-refractivity contribution in [3.8, 4) is 0 Å². The highest BCUT2D eigenvalue weighted by Gasteiger charge is 2.29. The fraction of sp³-hybridized carbons (Fsp3) is 0.333. The molecule has 0 saturated carbocycles. The van der Waals surface area contributed by atoms with E-state index in [1.165, 1.54) is 17.8 Å². The van der Waals surface area contributed by atoms with Gasteiger partial charge in [0.15, 0.2) is 0 Å². The maximum absolute atomic E-state index is 13.6. The van der Waals surface area contributed by atoms with E-state index in [-0.39, 0.29) is 30.1 Å². The van der Waals surface area contributed by atoms with Gasteiger partial charge in [0.1, 0.15) is 5.82 Å². The molecule has 2 aromatic rings. The van der Waals surface area contributed by atoms with Crippen LogP contribution in [0.15, 0.2) is 53.4 Å². The van der Waals surface area contributed by atoms with E-state index < -0.39 is 0 Å². The molecule has 1 fully saturated rings. The summed E-state index contributed by atoms with van der Waals surface area (Å²) in [6.45, 7) is 1.38. The Morgan fingerprint density at radius 1 is 1.18 bits per heavy atom. The summed E-state index contributed by atoms with van der Waals surface area (Å²) in [5, 5.41) is 2.94. The molecule has 1 aliphatic heterocycles. The molecule has 1 atom stereocenters. The van der Waals surface area contributed by atoms with Crippen LogP contribution >= 0.6 is 11.8 Å². The molecule has 148 valence electrons. The fourth-order valence-corrected chi connectivity index (χ4v) is 4.25. The van der Waals surface area contributed by atoms with Crippen molar-refractivity contribution in [2.75, 3.05) is 17.6 Å². The first-order valence-electron chi connectivity index (χ1n) is 9.33. The van der Waals surface area contributed by atoms with Crippen LogP contribution in [-0.4, -0.2) is 35.1 Å². The Labute approximate surface area is 168 Å². The zero-order chi connectivity index (χ0) is 19.9. The smallest absolute Gasteiger partial charge is 0.234 e. The largest absolute Gasteiger partial charge is 0.368 e. The number of nitrogens with one attached hydrogen (secondary N) is 1. The number of para-hydroxylation sites is 1. The number of hydrogen-bond donors (Lipinski definition) is 2. The first-order chi connectivity index (χ1) is 13.5. The van der Waals surface area contributed by atoms with Crippen LogP contribution in [0, 0.1) is 5.82 Å². The molecule has 0 aromatic heterocycles. The zero-order valence-electron chi connectivity index (χ0n) is 15.6. The van der Waals surface area contributed by atoms with Gasteiger partial charge in [0.25, 0.3) is 0 Å². The Morgan fingerprint density at radius 2 is 1.93 bits per heavy atom. The van der Waals surface area contributed by atoms with Gasteiger partial charge in [-0.1, -0.05) is 30.3 Å². The third-order valence-electron chi connectivity index (χ3n) is 4.78. The number of halogens is 1. The van der Waals surface area contributed by atoms with E-state index in [0.29, 0.717) is 17.2 Å². The molecule has 1 aliphatic rings. The van der Waals surface area contributed by atoms with Gasteiger partial charge in [0.05, 0.1) is 6.04 Å². The highest BCUT2D eigenvalue weighted by atomic mass is 32.2. The van der Waals surface area contributed by atoms with E-state index in [1.807, 2.05) is 24.3 Å². The highest BCUT2D eigenvalue weighted by Crippen LogP contribution is 2.25. The minimum absolute atomic E-state index is 0.121. The number of nitrogens with two attached hydrogens (primary N) is 1. The molecule has 2 aromatic carbocycles. The molecule has 1 saturated heterocycles. The van der Waals surface area contributed by atoms with Crippen molar-refractivity contribution in [2.24, 2.45) is 5.73 Å². The van der Waals surface area contributed by atoms with Gasteiger partial charge in [-0.2, -0.15) is 0 Å². The lowest BCUT2D eigenvalue weighted by atomic mass is 10.1. The number of rotatable bonds is 8. The zero-order valence-corrected chi connectivity index (χ0v) is 16.4. The normalized spacial score (nSPS) is 16.8. The minimum atomic E-state index is -0.302. The quantitative estimate of drug-likeness (QED) is 0.665. The van der Waals surface area contributed by atoms with Crippen LogP contribution in [0.1, 0.15) is 24.8 Å². The summed E-state index contributed by atoms with van der Waals surface area (Å²) in [5.41, 5.74) is 7.18. The van der Waals surface area contributed by atoms with Crippen molar-refractivity contribution in [1.82, 2.24) is 4.90 Å². The first kappa shape index (κ1) is 20.4. The standard InChI is InChI=1S/C21H24FN3O2S/c22-16-7-2-4-10-19(16)28-13-11-20(26)24-17-8-3-1-6-15(17)14-25-12-5-9-18(25)21(23)27/h1-4,6-8,10,18H,5,9,11-14H2,(H2,23,27)(H,24,26). The van der Waals surface area contributed by atoms with E-state index in [0.717, 1.165) is 30.6 Å². The SMILES string of the molecule is NC(=O)C1CCCN1Cc1ccccc1NC(=O)CCSc1ccccc1F. The number of primary amides is 1. The van der Waals surface area contributed by atoms with Gasteiger partial charge in [-0.25, -0.2) is 4.39 Å². The van der Waals surface area contributed by atoms with Crippen LogP contribution < -0.4 is 11.1 Å². The van der Waals surface area contributed by atoms with Crippen molar-refractivity contribution >= 4 is 29.3 Å². The Bertz CT molecular complexity index is 846. The molecular weight excluding hydrogens is 377 g/mol. The molecular formula is C21H24FN3O2S. The van der Waals surface area contributed by atoms with Crippen LogP contribution in [0.3, 0.4) is 0 Å². The molecule has 0 bridgehead atoms. The molecule has 2 amide bonds. The maximum atomic E-state index is 13.6. The lowest BCUT2D eigenvalue weighted by Gasteiger charge is -2.23. The van der Waals surface area contributed by atoms with Gasteiger partial charge in [0, 0.05) is 29.3 Å². The predicted octanol–water partition coefficient (Wildman–Crippen LogP) is 3.40. The van der Waals surface area contributed by atoms with Crippen molar-refractivity contribution in [2.45, 2.75) is 36.7 Å². The van der Waals surface area contributed by atoms with E-state index >= 15 is 0 Å². The second-order valence-electron chi connectivity index (χ2n) is 6.77. The summed E-state index contributed by atoms with van der Waals surface area (Å²) in [7, 11) is 0. The second kappa shape index (κ2) is 9.71. The van der Waals surface area contributed by atoms with Crippen LogP contribution in [0.4, 0.5) is 10.1 Å². The number of nitrogens with zero attached hydrogens (tertiary/aromatic N) is 1. The average molecular weight is 402 g/mol. The fourth-order valence-electron chi connectivity index (χ4n) is 3.36. The first-order valence-corrected chi connectivity index (χ1v) is 10.3. The van der Waals surface area contributed by atoms with Gasteiger partial charge in [-0.15, -0.1) is 11.8 Å². The van der Waals surface area contributed by atoms with Crippen LogP contribution in [0.25, 0.3) is 0 Å². The van der Waals surface area contributed by atoms with Crippen molar-refractivity contribution in [3.63, 3.8) is 0 Å². The molecule has 0 aliphatic carbocycles. The molecule has 28 heavy (non-hydrogen) atoms. The van der Waals surface area contributed by atoms with Gasteiger partial charge >= 0.3 is 0 Å². The summed E-state index contributed by atoms with van der Waals surface area (Å²) < 4.78 is 13.6. The number of likely N-dealkylation sites (tertiary alicyclic amines) is 1. The minimum Gasteiger partial charge on any atom is -0.368 e. The molecule has 3 rings (SSSR count). The number of carbonyl (C=O) groups is 2. The van der Waals surface area contributed by atoms with E-state index in [9.17, 15) is 14.0 Å². The number of anilines is 1. The van der Waals surface area contributed by atoms with Crippen molar-refractivity contribution < 1.29 is 14.0 Å². The van der Waals surface area contributed by atoms with Crippen LogP contribution in [-0.2, 0) is 16.1 Å². The molecule has 0 radical (unpaired) electrons. The van der Waals surface area contributed by atoms with Crippen molar-refractivity contribution in [3.05, 3.63) is 59.9 Å². The van der Waals surface area contributed by atoms with Gasteiger partial charge < -0.3 is 11.1 Å². The van der Waals surface area contributed by atoms with Crippen LogP contribution in [0.5, 0.6) is 0 Å². The molecule has 1 unspecified atom stereocenters. The highest BCUT2D eigenvalue weighted by molar-refractivity contribution is 7.99. The van der Waals surface area contributed by atoms with Crippen molar-refractivity contribution in [1.29, 1.82) is 0 Å². The Hall–Kier alpha value is -2.38. The maximum Gasteiger partial charge on any atom is 0.234 e. The number of amides is 2. The molecule has 3 N–H and O–H groups in total. The number of hydrogen-bond acceptors (Lipinski definition) is 4. The monoisotopic (exact) mass is 401 g/mol. The van der Waals surface area contributed by atoms with E-state index in [4.69, 9.17) is 5.73 Å². The Balaban J connectivity index is 1.56. The molecule has 7 heteroatoms. The van der Waals surface area contributed by atoms with Gasteiger partial charge in [-0.3, -0.25) is 14.5 Å². The topological polar surface area (TPSA) is 75.4 Å². The number of thioether (sulfide) groups is 1. The van der Waals surface area contributed by atoms with E-state index in [1.54, 1.807) is 18.2 Å². The Kier molecular flexibility index (Phi) is 7.06. The second-order valence-corrected chi connectivity index (χ2v) is 7.90. The number of benzene rings is 2. The number of carbonyl (C=O) groups excluding carboxylic acids is 2.